The lowest BCUT2D eigenvalue weighted by atomic mass is 9.93. The van der Waals surface area contributed by atoms with E-state index in [4.69, 9.17) is 10.2 Å². The highest BCUT2D eigenvalue weighted by molar-refractivity contribution is 5.94. The summed E-state index contributed by atoms with van der Waals surface area (Å²) in [7, 11) is 0. The van der Waals surface area contributed by atoms with Crippen LogP contribution in [0.2, 0.25) is 0 Å². The fourth-order valence-electron chi connectivity index (χ4n) is 5.31. The zero-order chi connectivity index (χ0) is 26.7. The number of benzene rings is 5. The Balaban J connectivity index is 1.40. The van der Waals surface area contributed by atoms with Gasteiger partial charge in [0.15, 0.2) is 0 Å². The summed E-state index contributed by atoms with van der Waals surface area (Å²) in [5.41, 5.74) is 12.5. The smallest absolute Gasteiger partial charge is 0.101 e. The van der Waals surface area contributed by atoms with E-state index in [1.807, 2.05) is 48.5 Å². The number of hydrogen-bond acceptors (Lipinski definition) is 2. The lowest BCUT2D eigenvalue weighted by molar-refractivity contribution is 1.10. The number of hydrogen-bond donors (Lipinski definition) is 2. The van der Waals surface area contributed by atoms with Gasteiger partial charge in [-0.15, -0.1) is 0 Å². The van der Waals surface area contributed by atoms with Gasteiger partial charge in [-0.1, -0.05) is 140 Å². The molecule has 2 N–H and O–H groups in total. The van der Waals surface area contributed by atoms with Crippen LogP contribution in [-0.4, -0.2) is 20.4 Å². The zero-order valence-electron chi connectivity index (χ0n) is 21.8. The second-order valence-electron chi connectivity index (χ2n) is 9.69. The molecule has 7 rings (SSSR count). The molecule has 0 aliphatic rings. The number of nitrogens with zero attached hydrogens (tertiary/aromatic N) is 2. The van der Waals surface area contributed by atoms with Crippen molar-refractivity contribution in [1.82, 2.24) is 20.4 Å². The van der Waals surface area contributed by atoms with Crippen molar-refractivity contribution in [2.75, 3.05) is 0 Å². The molecular weight excluding hydrogens is 488 g/mol. The molecule has 0 atom stereocenters. The van der Waals surface area contributed by atoms with Gasteiger partial charge < -0.3 is 0 Å². The minimum absolute atomic E-state index is 0.935. The number of aromatic nitrogens is 4. The Hall–Kier alpha value is -5.48. The van der Waals surface area contributed by atoms with Gasteiger partial charge in [-0.3, -0.25) is 10.2 Å². The standard InChI is InChI=1S/C36H26N4/c1-5-14-25(15-6-1)31-33(27-18-9-3-10-19-27)37-39-35(31)29-22-13-23-30(24-29)36-32(26-16-7-2-8-17-26)34(38-40-36)28-20-11-4-12-21-28/h1-24H,(H,37,39)(H,38,40). The molecule has 0 saturated heterocycles. The Kier molecular flexibility index (Phi) is 6.11. The predicted molar refractivity (Wildman–Crippen MR) is 163 cm³/mol. The van der Waals surface area contributed by atoms with Gasteiger partial charge in [-0.2, -0.15) is 10.2 Å². The van der Waals surface area contributed by atoms with Crippen LogP contribution in [0.1, 0.15) is 0 Å². The van der Waals surface area contributed by atoms with Gasteiger partial charge in [-0.25, -0.2) is 0 Å². The van der Waals surface area contributed by atoms with Gasteiger partial charge >= 0.3 is 0 Å². The number of rotatable bonds is 6. The molecule has 0 aliphatic heterocycles. The van der Waals surface area contributed by atoms with Gasteiger partial charge in [0.25, 0.3) is 0 Å². The summed E-state index contributed by atoms with van der Waals surface area (Å²) < 4.78 is 0. The number of nitrogens with one attached hydrogen (secondary N) is 2. The van der Waals surface area contributed by atoms with Crippen LogP contribution in [0.4, 0.5) is 0 Å². The van der Waals surface area contributed by atoms with Crippen molar-refractivity contribution in [3.63, 3.8) is 0 Å². The molecule has 2 heterocycles. The van der Waals surface area contributed by atoms with Crippen molar-refractivity contribution >= 4 is 0 Å². The van der Waals surface area contributed by atoms with Crippen molar-refractivity contribution in [1.29, 1.82) is 0 Å². The first-order valence-electron chi connectivity index (χ1n) is 13.4. The minimum atomic E-state index is 0.935. The highest BCUT2D eigenvalue weighted by atomic mass is 15.1. The summed E-state index contributed by atoms with van der Waals surface area (Å²) in [6, 6.07) is 50.1. The van der Waals surface area contributed by atoms with E-state index in [1.165, 1.54) is 0 Å². The normalized spacial score (nSPS) is 11.0. The molecule has 0 fully saturated rings. The van der Waals surface area contributed by atoms with Crippen molar-refractivity contribution < 1.29 is 0 Å². The fraction of sp³-hybridized carbons (Fsp3) is 0. The maximum absolute atomic E-state index is 4.81. The molecule has 40 heavy (non-hydrogen) atoms. The Morgan fingerprint density at radius 3 is 1.02 bits per heavy atom. The topological polar surface area (TPSA) is 57.4 Å². The van der Waals surface area contributed by atoms with Gasteiger partial charge in [0.2, 0.25) is 0 Å². The Labute approximate surface area is 233 Å². The maximum atomic E-state index is 4.81. The Morgan fingerprint density at radius 1 is 0.325 bits per heavy atom. The molecule has 4 nitrogen and oxygen atoms in total. The average Bonchev–Trinajstić information content (AvgIpc) is 3.69. The van der Waals surface area contributed by atoms with Gasteiger partial charge in [0.1, 0.15) is 11.4 Å². The lowest BCUT2D eigenvalue weighted by Gasteiger charge is -2.10. The molecule has 2 aromatic heterocycles. The van der Waals surface area contributed by atoms with E-state index in [1.54, 1.807) is 0 Å². The first-order chi connectivity index (χ1) is 19.9. The molecule has 4 heteroatoms. The monoisotopic (exact) mass is 514 g/mol. The average molecular weight is 515 g/mol. The fourth-order valence-corrected chi connectivity index (χ4v) is 5.31. The Morgan fingerprint density at radius 2 is 0.650 bits per heavy atom. The molecule has 0 spiro atoms. The zero-order valence-corrected chi connectivity index (χ0v) is 21.8. The van der Waals surface area contributed by atoms with Crippen molar-refractivity contribution in [3.8, 4) is 67.3 Å². The van der Waals surface area contributed by atoms with E-state index < -0.39 is 0 Å². The van der Waals surface area contributed by atoms with E-state index >= 15 is 0 Å². The van der Waals surface area contributed by atoms with Crippen LogP contribution in [0.25, 0.3) is 67.3 Å². The van der Waals surface area contributed by atoms with Crippen LogP contribution >= 0.6 is 0 Å². The lowest BCUT2D eigenvalue weighted by Crippen LogP contribution is -1.88. The first-order valence-corrected chi connectivity index (χ1v) is 13.4. The van der Waals surface area contributed by atoms with E-state index in [9.17, 15) is 0 Å². The molecule has 0 amide bonds. The highest BCUT2D eigenvalue weighted by Gasteiger charge is 2.21. The molecule has 0 aliphatic carbocycles. The quantitative estimate of drug-likeness (QED) is 0.232. The van der Waals surface area contributed by atoms with E-state index in [2.05, 4.69) is 107 Å². The van der Waals surface area contributed by atoms with E-state index in [-0.39, 0.29) is 0 Å². The van der Waals surface area contributed by atoms with Crippen molar-refractivity contribution in [3.05, 3.63) is 146 Å². The number of H-pyrrole nitrogens is 2. The summed E-state index contributed by atoms with van der Waals surface area (Å²) in [4.78, 5) is 0. The van der Waals surface area contributed by atoms with E-state index in [0.717, 1.165) is 67.3 Å². The SMILES string of the molecule is c1ccc(-c2n[nH]c(-c3cccc(-c4[nH]nc(-c5ccccc5)c4-c4ccccc4)c3)c2-c2ccccc2)cc1. The molecule has 0 saturated carbocycles. The highest BCUT2D eigenvalue weighted by Crippen LogP contribution is 2.42. The maximum Gasteiger partial charge on any atom is 0.101 e. The van der Waals surface area contributed by atoms with Gasteiger partial charge in [0.05, 0.1) is 11.4 Å². The summed E-state index contributed by atoms with van der Waals surface area (Å²) in [6.45, 7) is 0. The number of aromatic amines is 2. The summed E-state index contributed by atoms with van der Waals surface area (Å²) in [5.74, 6) is 0. The second-order valence-corrected chi connectivity index (χ2v) is 9.69. The Bertz CT molecular complexity index is 1730. The van der Waals surface area contributed by atoms with Crippen molar-refractivity contribution in [2.24, 2.45) is 0 Å². The van der Waals surface area contributed by atoms with Gasteiger partial charge in [-0.05, 0) is 17.2 Å². The first kappa shape index (κ1) is 23.6. The third kappa shape index (κ3) is 4.32. The largest absolute Gasteiger partial charge is 0.277 e. The molecule has 5 aromatic carbocycles. The molecule has 190 valence electrons. The minimum Gasteiger partial charge on any atom is -0.277 e. The van der Waals surface area contributed by atoms with Crippen LogP contribution in [0, 0.1) is 0 Å². The molecule has 7 aromatic rings. The van der Waals surface area contributed by atoms with Crippen LogP contribution < -0.4 is 0 Å². The van der Waals surface area contributed by atoms with E-state index in [0.29, 0.717) is 0 Å². The van der Waals surface area contributed by atoms with Gasteiger partial charge in [0, 0.05) is 33.4 Å². The third-order valence-electron chi connectivity index (χ3n) is 7.19. The summed E-state index contributed by atoms with van der Waals surface area (Å²) in [6.07, 6.45) is 0. The third-order valence-corrected chi connectivity index (χ3v) is 7.19. The summed E-state index contributed by atoms with van der Waals surface area (Å²) >= 11 is 0. The van der Waals surface area contributed by atoms with Crippen molar-refractivity contribution in [2.45, 2.75) is 0 Å². The molecular formula is C36H26N4. The second kappa shape index (κ2) is 10.4. The predicted octanol–water partition coefficient (Wildman–Crippen LogP) is 9.13. The molecule has 0 radical (unpaired) electrons. The van der Waals surface area contributed by atoms with Crippen LogP contribution in [0.5, 0.6) is 0 Å². The van der Waals surface area contributed by atoms with Crippen LogP contribution in [0.3, 0.4) is 0 Å². The van der Waals surface area contributed by atoms with Crippen LogP contribution in [0.15, 0.2) is 146 Å². The summed E-state index contributed by atoms with van der Waals surface area (Å²) in [5, 5.41) is 16.3. The molecule has 0 unspecified atom stereocenters. The molecule has 0 bridgehead atoms. The van der Waals surface area contributed by atoms with Crippen LogP contribution in [-0.2, 0) is 0 Å².